The highest BCUT2D eigenvalue weighted by Crippen LogP contribution is 2.31. The van der Waals surface area contributed by atoms with E-state index >= 15 is 0 Å². The molecule has 2 heterocycles. The van der Waals surface area contributed by atoms with Crippen molar-refractivity contribution < 1.29 is 0 Å². The fourth-order valence-corrected chi connectivity index (χ4v) is 2.87. The molecule has 1 saturated heterocycles. The molecule has 116 valence electrons. The Morgan fingerprint density at radius 2 is 1.82 bits per heavy atom. The van der Waals surface area contributed by atoms with E-state index in [4.69, 9.17) is 23.2 Å². The molecule has 0 aliphatic carbocycles. The van der Waals surface area contributed by atoms with E-state index in [2.05, 4.69) is 25.4 Å². The predicted molar refractivity (Wildman–Crippen MR) is 90.3 cm³/mol. The number of nitrogens with zero attached hydrogens (tertiary/aromatic N) is 4. The maximum absolute atomic E-state index is 6.17. The van der Waals surface area contributed by atoms with Crippen LogP contribution in [0.2, 0.25) is 10.0 Å². The van der Waals surface area contributed by atoms with E-state index < -0.39 is 0 Å². The van der Waals surface area contributed by atoms with Gasteiger partial charge >= 0.3 is 0 Å². The maximum Gasteiger partial charge on any atom is 0.249 e. The minimum Gasteiger partial charge on any atom is -0.355 e. The fraction of sp³-hybridized carbons (Fsp3) is 0.400. The SMILES string of the molecule is Clc1cccc(Nc2nncc(N3CCCCCC3)n2)c1Cl. The molecule has 1 aromatic carbocycles. The van der Waals surface area contributed by atoms with Crippen LogP contribution < -0.4 is 10.2 Å². The van der Waals surface area contributed by atoms with Gasteiger partial charge in [0, 0.05) is 13.1 Å². The third kappa shape index (κ3) is 3.59. The Kier molecular flexibility index (Phi) is 4.95. The van der Waals surface area contributed by atoms with Gasteiger partial charge in [0.15, 0.2) is 5.82 Å². The number of rotatable bonds is 3. The number of anilines is 3. The van der Waals surface area contributed by atoms with Gasteiger partial charge < -0.3 is 10.2 Å². The first-order valence-corrected chi connectivity index (χ1v) is 8.15. The van der Waals surface area contributed by atoms with Crippen LogP contribution in [0, 0.1) is 0 Å². The lowest BCUT2D eigenvalue weighted by atomic mass is 10.2. The first-order chi connectivity index (χ1) is 10.7. The Hall–Kier alpha value is -1.59. The summed E-state index contributed by atoms with van der Waals surface area (Å²) in [4.78, 5) is 6.80. The summed E-state index contributed by atoms with van der Waals surface area (Å²) in [6.45, 7) is 2.02. The number of aromatic nitrogens is 3. The second kappa shape index (κ2) is 7.11. The van der Waals surface area contributed by atoms with Gasteiger partial charge in [-0.1, -0.05) is 42.1 Å². The van der Waals surface area contributed by atoms with E-state index in [0.717, 1.165) is 18.9 Å². The molecule has 2 aromatic rings. The zero-order valence-electron chi connectivity index (χ0n) is 12.1. The lowest BCUT2D eigenvalue weighted by molar-refractivity contribution is 0.726. The van der Waals surface area contributed by atoms with Gasteiger partial charge in [-0.15, -0.1) is 5.10 Å². The van der Waals surface area contributed by atoms with E-state index in [9.17, 15) is 0 Å². The first-order valence-electron chi connectivity index (χ1n) is 7.40. The molecule has 1 aliphatic rings. The van der Waals surface area contributed by atoms with Crippen LogP contribution >= 0.6 is 23.2 Å². The maximum atomic E-state index is 6.17. The topological polar surface area (TPSA) is 53.9 Å². The highest BCUT2D eigenvalue weighted by Gasteiger charge is 2.13. The van der Waals surface area contributed by atoms with E-state index in [1.807, 2.05) is 12.1 Å². The summed E-state index contributed by atoms with van der Waals surface area (Å²) < 4.78 is 0. The lowest BCUT2D eigenvalue weighted by Gasteiger charge is -2.21. The number of hydrogen-bond donors (Lipinski definition) is 1. The third-order valence-corrected chi connectivity index (χ3v) is 4.49. The minimum atomic E-state index is 0.422. The van der Waals surface area contributed by atoms with Crippen LogP contribution in [0.1, 0.15) is 25.7 Å². The van der Waals surface area contributed by atoms with Crippen molar-refractivity contribution in [3.63, 3.8) is 0 Å². The molecule has 0 saturated carbocycles. The molecule has 5 nitrogen and oxygen atoms in total. The van der Waals surface area contributed by atoms with Crippen molar-refractivity contribution in [3.8, 4) is 0 Å². The third-order valence-electron chi connectivity index (χ3n) is 3.67. The van der Waals surface area contributed by atoms with Crippen molar-refractivity contribution in [2.45, 2.75) is 25.7 Å². The number of benzene rings is 1. The Bertz CT molecular complexity index is 642. The van der Waals surface area contributed by atoms with Crippen LogP contribution in [-0.2, 0) is 0 Å². The molecule has 1 N–H and O–H groups in total. The number of hydrogen-bond acceptors (Lipinski definition) is 5. The molecular formula is C15H17Cl2N5. The molecule has 0 amide bonds. The molecule has 0 bridgehead atoms. The molecule has 0 radical (unpaired) electrons. The van der Waals surface area contributed by atoms with Crippen LogP contribution in [0.25, 0.3) is 0 Å². The highest BCUT2D eigenvalue weighted by atomic mass is 35.5. The quantitative estimate of drug-likeness (QED) is 0.904. The zero-order valence-corrected chi connectivity index (χ0v) is 13.6. The van der Waals surface area contributed by atoms with Crippen LogP contribution in [-0.4, -0.2) is 28.3 Å². The van der Waals surface area contributed by atoms with Crippen molar-refractivity contribution in [1.82, 2.24) is 15.2 Å². The smallest absolute Gasteiger partial charge is 0.249 e. The molecule has 1 aliphatic heterocycles. The summed E-state index contributed by atoms with van der Waals surface area (Å²) in [5.74, 6) is 1.27. The monoisotopic (exact) mass is 337 g/mol. The van der Waals surface area contributed by atoms with Crippen LogP contribution in [0.15, 0.2) is 24.4 Å². The average molecular weight is 338 g/mol. The van der Waals surface area contributed by atoms with E-state index in [-0.39, 0.29) is 0 Å². The van der Waals surface area contributed by atoms with Gasteiger partial charge in [-0.3, -0.25) is 0 Å². The Balaban J connectivity index is 1.80. The van der Waals surface area contributed by atoms with Gasteiger partial charge in [0.2, 0.25) is 5.95 Å². The van der Waals surface area contributed by atoms with Crippen LogP contribution in [0.3, 0.4) is 0 Å². The predicted octanol–water partition coefficient (Wildman–Crippen LogP) is 4.30. The van der Waals surface area contributed by atoms with E-state index in [0.29, 0.717) is 21.7 Å². The number of nitrogens with one attached hydrogen (secondary N) is 1. The molecule has 7 heteroatoms. The molecule has 0 spiro atoms. The normalized spacial score (nSPS) is 15.5. The van der Waals surface area contributed by atoms with Gasteiger partial charge in [0.1, 0.15) is 0 Å². The Labute approximate surface area is 139 Å². The van der Waals surface area contributed by atoms with Gasteiger partial charge in [-0.25, -0.2) is 0 Å². The van der Waals surface area contributed by atoms with Crippen molar-refractivity contribution in [3.05, 3.63) is 34.4 Å². The summed E-state index contributed by atoms with van der Waals surface area (Å²) in [5, 5.41) is 12.1. The van der Waals surface area contributed by atoms with Gasteiger partial charge in [0.25, 0.3) is 0 Å². The van der Waals surface area contributed by atoms with Crippen molar-refractivity contribution in [2.24, 2.45) is 0 Å². The largest absolute Gasteiger partial charge is 0.355 e. The van der Waals surface area contributed by atoms with E-state index in [1.54, 1.807) is 12.3 Å². The van der Waals surface area contributed by atoms with Gasteiger partial charge in [-0.05, 0) is 25.0 Å². The summed E-state index contributed by atoms with van der Waals surface area (Å²) in [5.41, 5.74) is 0.670. The molecule has 1 fully saturated rings. The molecule has 1 aromatic heterocycles. The average Bonchev–Trinajstić information content (AvgIpc) is 2.81. The zero-order chi connectivity index (χ0) is 15.4. The van der Waals surface area contributed by atoms with Crippen molar-refractivity contribution in [1.29, 1.82) is 0 Å². The van der Waals surface area contributed by atoms with Gasteiger partial charge in [-0.2, -0.15) is 10.1 Å². The summed E-state index contributed by atoms with van der Waals surface area (Å²) in [6.07, 6.45) is 6.63. The van der Waals surface area contributed by atoms with Crippen molar-refractivity contribution in [2.75, 3.05) is 23.3 Å². The Morgan fingerprint density at radius 3 is 2.59 bits per heavy atom. The van der Waals surface area contributed by atoms with E-state index in [1.165, 1.54) is 25.7 Å². The summed E-state index contributed by atoms with van der Waals surface area (Å²) in [7, 11) is 0. The molecule has 3 rings (SSSR count). The fourth-order valence-electron chi connectivity index (χ4n) is 2.52. The standard InChI is InChI=1S/C15H17Cl2N5/c16-11-6-5-7-12(14(11)17)19-15-20-13(10-18-21-15)22-8-3-1-2-4-9-22/h5-7,10H,1-4,8-9H2,(H,19,20,21). The number of halogens is 2. The van der Waals surface area contributed by atoms with Crippen LogP contribution in [0.4, 0.5) is 17.5 Å². The van der Waals surface area contributed by atoms with Crippen molar-refractivity contribution >= 4 is 40.7 Å². The van der Waals surface area contributed by atoms with Gasteiger partial charge in [0.05, 0.1) is 21.9 Å². The lowest BCUT2D eigenvalue weighted by Crippen LogP contribution is -2.25. The minimum absolute atomic E-state index is 0.422. The molecule has 22 heavy (non-hydrogen) atoms. The summed E-state index contributed by atoms with van der Waals surface area (Å²) >= 11 is 12.2. The van der Waals surface area contributed by atoms with Crippen LogP contribution in [0.5, 0.6) is 0 Å². The Morgan fingerprint density at radius 1 is 1.05 bits per heavy atom. The highest BCUT2D eigenvalue weighted by molar-refractivity contribution is 6.43. The molecule has 0 unspecified atom stereocenters. The summed E-state index contributed by atoms with van der Waals surface area (Å²) in [6, 6.07) is 5.39. The second-order valence-electron chi connectivity index (χ2n) is 5.27. The first kappa shape index (κ1) is 15.3. The molecular weight excluding hydrogens is 321 g/mol. The second-order valence-corrected chi connectivity index (χ2v) is 6.05. The molecule has 0 atom stereocenters.